The number of anilines is 2. The van der Waals surface area contributed by atoms with Crippen molar-refractivity contribution < 1.29 is 4.79 Å². The largest absolute Gasteiger partial charge is 0.345 e. The number of fused-ring (bicyclic) bond motifs is 1. The maximum atomic E-state index is 13.1. The van der Waals surface area contributed by atoms with Gasteiger partial charge in [-0.1, -0.05) is 30.3 Å². The lowest BCUT2D eigenvalue weighted by Crippen LogP contribution is -2.51. The Morgan fingerprint density at radius 1 is 1.12 bits per heavy atom. The van der Waals surface area contributed by atoms with E-state index >= 15 is 0 Å². The van der Waals surface area contributed by atoms with Gasteiger partial charge in [-0.05, 0) is 19.7 Å². The van der Waals surface area contributed by atoms with Crippen LogP contribution in [0.15, 0.2) is 48.1 Å². The number of benzene rings is 1. The van der Waals surface area contributed by atoms with Crippen molar-refractivity contribution in [3.05, 3.63) is 53.9 Å². The van der Waals surface area contributed by atoms with Crippen molar-refractivity contribution in [3.63, 3.8) is 0 Å². The number of aromatic nitrogens is 4. The highest BCUT2D eigenvalue weighted by Crippen LogP contribution is 2.39. The van der Waals surface area contributed by atoms with Crippen LogP contribution in [-0.4, -0.2) is 64.3 Å². The summed E-state index contributed by atoms with van der Waals surface area (Å²) in [5.41, 5.74) is 3.07. The van der Waals surface area contributed by atoms with Crippen LogP contribution in [0.5, 0.6) is 0 Å². The van der Waals surface area contributed by atoms with Crippen LogP contribution in [0.4, 0.5) is 11.5 Å². The molecular weight excluding hydrogens is 422 g/mol. The third kappa shape index (κ3) is 3.85. The second-order valence-corrected chi connectivity index (χ2v) is 9.09. The maximum absolute atomic E-state index is 13.1. The fourth-order valence-corrected chi connectivity index (χ4v) is 5.01. The average molecular weight is 448 g/mol. The van der Waals surface area contributed by atoms with Crippen molar-refractivity contribution >= 4 is 39.0 Å². The minimum absolute atomic E-state index is 0.0432. The molecule has 0 saturated carbocycles. The van der Waals surface area contributed by atoms with Gasteiger partial charge in [0, 0.05) is 37.3 Å². The van der Waals surface area contributed by atoms with Crippen molar-refractivity contribution in [2.75, 3.05) is 43.5 Å². The number of piperazine rings is 1. The minimum Gasteiger partial charge on any atom is -0.345 e. The molecule has 1 aromatic carbocycles. The lowest BCUT2D eigenvalue weighted by Gasteiger charge is -2.34. The third-order valence-electron chi connectivity index (χ3n) is 5.53. The van der Waals surface area contributed by atoms with Crippen LogP contribution in [0.1, 0.15) is 5.82 Å². The van der Waals surface area contributed by atoms with Crippen LogP contribution >= 0.6 is 11.3 Å². The number of nitrogens with zero attached hydrogens (tertiary/aromatic N) is 7. The molecule has 0 unspecified atom stereocenters. The molecule has 0 spiro atoms. The second kappa shape index (κ2) is 8.33. The molecule has 9 heteroatoms. The summed E-state index contributed by atoms with van der Waals surface area (Å²) in [6.45, 7) is 2.19. The molecule has 5 rings (SSSR count). The Kier molecular flexibility index (Phi) is 5.36. The van der Waals surface area contributed by atoms with Gasteiger partial charge in [0.05, 0.1) is 30.4 Å². The van der Waals surface area contributed by atoms with Crippen LogP contribution in [0.3, 0.4) is 0 Å². The molecule has 1 fully saturated rings. The summed E-state index contributed by atoms with van der Waals surface area (Å²) in [5.74, 6) is 1.65. The molecule has 1 saturated heterocycles. The Balaban J connectivity index is 1.56. The molecular formula is C23H25N7OS. The predicted molar refractivity (Wildman–Crippen MR) is 128 cm³/mol. The summed E-state index contributed by atoms with van der Waals surface area (Å²) in [4.78, 5) is 29.8. The van der Waals surface area contributed by atoms with E-state index in [1.54, 1.807) is 27.1 Å². The zero-order valence-electron chi connectivity index (χ0n) is 18.4. The van der Waals surface area contributed by atoms with Gasteiger partial charge < -0.3 is 14.7 Å². The van der Waals surface area contributed by atoms with Gasteiger partial charge in [-0.2, -0.15) is 5.10 Å². The van der Waals surface area contributed by atoms with Gasteiger partial charge in [-0.25, -0.2) is 9.97 Å². The van der Waals surface area contributed by atoms with Gasteiger partial charge in [0.2, 0.25) is 5.91 Å². The molecule has 0 N–H and O–H groups in total. The van der Waals surface area contributed by atoms with E-state index in [1.807, 2.05) is 45.5 Å². The number of thiophene rings is 1. The van der Waals surface area contributed by atoms with Crippen LogP contribution in [-0.2, 0) is 18.4 Å². The van der Waals surface area contributed by atoms with Crippen molar-refractivity contribution in [2.45, 2.75) is 6.54 Å². The predicted octanol–water partition coefficient (Wildman–Crippen LogP) is 3.01. The van der Waals surface area contributed by atoms with E-state index in [0.29, 0.717) is 19.6 Å². The van der Waals surface area contributed by atoms with E-state index in [4.69, 9.17) is 9.97 Å². The molecule has 0 radical (unpaired) electrons. The summed E-state index contributed by atoms with van der Waals surface area (Å²) >= 11 is 1.63. The first-order chi connectivity index (χ1) is 15.5. The van der Waals surface area contributed by atoms with Gasteiger partial charge in [0.1, 0.15) is 16.5 Å². The molecule has 0 bridgehead atoms. The number of aryl methyl sites for hydroxylation is 1. The van der Waals surface area contributed by atoms with E-state index in [1.165, 1.54) is 0 Å². The zero-order valence-corrected chi connectivity index (χ0v) is 19.2. The quantitative estimate of drug-likeness (QED) is 0.468. The molecule has 32 heavy (non-hydrogen) atoms. The first-order valence-electron chi connectivity index (χ1n) is 10.5. The van der Waals surface area contributed by atoms with Gasteiger partial charge in [0.25, 0.3) is 0 Å². The summed E-state index contributed by atoms with van der Waals surface area (Å²) in [6, 6.07) is 10.3. The maximum Gasteiger partial charge on any atom is 0.246 e. The monoisotopic (exact) mass is 447 g/mol. The van der Waals surface area contributed by atoms with Crippen molar-refractivity contribution in [1.82, 2.24) is 24.6 Å². The summed E-state index contributed by atoms with van der Waals surface area (Å²) in [5, 5.41) is 7.37. The lowest BCUT2D eigenvalue weighted by molar-refractivity contribution is -0.117. The number of carbonyl (C=O) groups is 1. The highest BCUT2D eigenvalue weighted by molar-refractivity contribution is 7.17. The standard InChI is InChI=1S/C23H25N7OS/c1-27(2)13-19-25-22(21-18(15-32-23(21)26-19)16-7-5-4-6-8-16)29-9-10-30(20(31)14-29)17-11-24-28(3)12-17/h4-8,11-12,15H,9-10,13-14H2,1-3H3. The van der Waals surface area contributed by atoms with Crippen LogP contribution < -0.4 is 9.80 Å². The number of hydrogen-bond acceptors (Lipinski definition) is 7. The van der Waals surface area contributed by atoms with Crippen LogP contribution in [0.2, 0.25) is 0 Å². The number of carbonyl (C=O) groups excluding carboxylic acids is 1. The molecule has 0 atom stereocenters. The van der Waals surface area contributed by atoms with Gasteiger partial charge in [0.15, 0.2) is 0 Å². The topological polar surface area (TPSA) is 70.4 Å². The molecule has 4 heterocycles. The Morgan fingerprint density at radius 3 is 2.62 bits per heavy atom. The van der Waals surface area contributed by atoms with Crippen molar-refractivity contribution in [3.8, 4) is 11.1 Å². The van der Waals surface area contributed by atoms with E-state index in [2.05, 4.69) is 32.4 Å². The number of hydrogen-bond donors (Lipinski definition) is 0. The first-order valence-corrected chi connectivity index (χ1v) is 11.4. The minimum atomic E-state index is 0.0432. The van der Waals surface area contributed by atoms with Crippen molar-refractivity contribution in [1.29, 1.82) is 0 Å². The molecule has 3 aromatic heterocycles. The highest BCUT2D eigenvalue weighted by Gasteiger charge is 2.29. The fourth-order valence-electron chi connectivity index (χ4n) is 4.05. The molecule has 8 nitrogen and oxygen atoms in total. The fraction of sp³-hybridized carbons (Fsp3) is 0.304. The second-order valence-electron chi connectivity index (χ2n) is 8.24. The molecule has 0 aliphatic carbocycles. The Labute approximate surface area is 190 Å². The lowest BCUT2D eigenvalue weighted by atomic mass is 10.1. The van der Waals surface area contributed by atoms with E-state index in [-0.39, 0.29) is 12.5 Å². The molecule has 164 valence electrons. The Bertz CT molecular complexity index is 1260. The van der Waals surface area contributed by atoms with Crippen LogP contribution in [0.25, 0.3) is 21.3 Å². The SMILES string of the molecule is CN(C)Cc1nc(N2CCN(c3cnn(C)c3)C(=O)C2)c2c(-c3ccccc3)csc2n1. The Morgan fingerprint density at radius 2 is 1.94 bits per heavy atom. The van der Waals surface area contributed by atoms with Gasteiger partial charge >= 0.3 is 0 Å². The zero-order chi connectivity index (χ0) is 22.2. The summed E-state index contributed by atoms with van der Waals surface area (Å²) in [6.07, 6.45) is 3.61. The number of rotatable bonds is 5. The summed E-state index contributed by atoms with van der Waals surface area (Å²) in [7, 11) is 5.87. The summed E-state index contributed by atoms with van der Waals surface area (Å²) < 4.78 is 1.72. The molecule has 1 aliphatic rings. The van der Waals surface area contributed by atoms with E-state index in [9.17, 15) is 4.79 Å². The van der Waals surface area contributed by atoms with Gasteiger partial charge in [-0.3, -0.25) is 9.48 Å². The molecule has 4 aromatic rings. The van der Waals surface area contributed by atoms with E-state index < -0.39 is 0 Å². The van der Waals surface area contributed by atoms with Crippen LogP contribution in [0, 0.1) is 0 Å². The van der Waals surface area contributed by atoms with Gasteiger partial charge in [-0.15, -0.1) is 11.3 Å². The van der Waals surface area contributed by atoms with E-state index in [0.717, 1.165) is 38.7 Å². The number of amides is 1. The normalized spacial score (nSPS) is 14.7. The first kappa shape index (κ1) is 20.6. The Hall–Kier alpha value is -3.30. The average Bonchev–Trinajstić information content (AvgIpc) is 3.39. The molecule has 1 aliphatic heterocycles. The third-order valence-corrected chi connectivity index (χ3v) is 6.40. The van der Waals surface area contributed by atoms with Crippen molar-refractivity contribution in [2.24, 2.45) is 7.05 Å². The highest BCUT2D eigenvalue weighted by atomic mass is 32.1. The molecule has 1 amide bonds. The smallest absolute Gasteiger partial charge is 0.246 e.